The van der Waals surface area contributed by atoms with Gasteiger partial charge in [-0.25, -0.2) is 0 Å². The Morgan fingerprint density at radius 2 is 1.97 bits per heavy atom. The summed E-state index contributed by atoms with van der Waals surface area (Å²) in [6, 6.07) is 11.1. The number of benzene rings is 1. The highest BCUT2D eigenvalue weighted by atomic mass is 32.2. The smallest absolute Gasteiger partial charge is 0.243 e. The maximum atomic E-state index is 12.7. The summed E-state index contributed by atoms with van der Waals surface area (Å²) in [7, 11) is 3.43. The van der Waals surface area contributed by atoms with Crippen LogP contribution in [0.2, 0.25) is 0 Å². The van der Waals surface area contributed by atoms with Crippen molar-refractivity contribution in [2.24, 2.45) is 7.05 Å². The molecule has 0 aliphatic carbocycles. The van der Waals surface area contributed by atoms with Gasteiger partial charge in [0, 0.05) is 19.8 Å². The SMILES string of the molecule is Cc1ccc(NC(=O)CN(C)C(=O)[C@H](C)Sc2nnc(-c3ccco3)n2C)cc1. The average molecular weight is 414 g/mol. The fourth-order valence-corrected chi connectivity index (χ4v) is 3.62. The van der Waals surface area contributed by atoms with Crippen molar-refractivity contribution < 1.29 is 14.0 Å². The standard InChI is InChI=1S/C20H23N5O3S/c1-13-7-9-15(10-8-13)21-17(26)12-24(3)19(27)14(2)29-20-23-22-18(25(20)4)16-6-5-11-28-16/h5-11,14H,12H2,1-4H3,(H,21,26)/t14-/m0/s1. The lowest BCUT2D eigenvalue weighted by atomic mass is 10.2. The number of furan rings is 1. The molecule has 2 heterocycles. The molecule has 9 heteroatoms. The number of thioether (sulfide) groups is 1. The fourth-order valence-electron chi connectivity index (χ4n) is 2.69. The zero-order valence-electron chi connectivity index (χ0n) is 16.7. The maximum Gasteiger partial charge on any atom is 0.243 e. The molecule has 8 nitrogen and oxygen atoms in total. The number of rotatable bonds is 7. The van der Waals surface area contributed by atoms with Gasteiger partial charge in [-0.15, -0.1) is 10.2 Å². The first-order valence-corrected chi connectivity index (χ1v) is 9.94. The zero-order chi connectivity index (χ0) is 21.0. The van der Waals surface area contributed by atoms with Gasteiger partial charge in [0.1, 0.15) is 0 Å². The Bertz CT molecular complexity index is 982. The maximum absolute atomic E-state index is 12.7. The molecule has 0 fully saturated rings. The van der Waals surface area contributed by atoms with E-state index in [9.17, 15) is 9.59 Å². The van der Waals surface area contributed by atoms with Crippen molar-refractivity contribution in [3.63, 3.8) is 0 Å². The Labute approximate surface area is 173 Å². The van der Waals surface area contributed by atoms with Crippen molar-refractivity contribution in [1.82, 2.24) is 19.7 Å². The first-order chi connectivity index (χ1) is 13.8. The van der Waals surface area contributed by atoms with Crippen LogP contribution in [0, 0.1) is 6.92 Å². The fraction of sp³-hybridized carbons (Fsp3) is 0.300. The third kappa shape index (κ3) is 5.05. The summed E-state index contributed by atoms with van der Waals surface area (Å²) in [5.74, 6) is 0.774. The first-order valence-electron chi connectivity index (χ1n) is 9.06. The first kappa shape index (κ1) is 20.7. The summed E-state index contributed by atoms with van der Waals surface area (Å²) in [6.45, 7) is 3.72. The quantitative estimate of drug-likeness (QED) is 0.599. The number of aromatic nitrogens is 3. The molecular formula is C20H23N5O3S. The van der Waals surface area contributed by atoms with Crippen molar-refractivity contribution in [2.45, 2.75) is 24.3 Å². The van der Waals surface area contributed by atoms with Gasteiger partial charge in [-0.1, -0.05) is 29.5 Å². The molecule has 1 N–H and O–H groups in total. The third-order valence-electron chi connectivity index (χ3n) is 4.30. The molecule has 0 aliphatic rings. The average Bonchev–Trinajstić information content (AvgIpc) is 3.33. The zero-order valence-corrected chi connectivity index (χ0v) is 17.6. The van der Waals surface area contributed by atoms with Gasteiger partial charge in [-0.05, 0) is 38.1 Å². The molecule has 0 saturated carbocycles. The molecule has 0 radical (unpaired) electrons. The Hall–Kier alpha value is -3.07. The molecule has 0 saturated heterocycles. The number of hydrogen-bond acceptors (Lipinski definition) is 6. The molecule has 2 amide bonds. The van der Waals surface area contributed by atoms with Crippen molar-refractivity contribution in [1.29, 1.82) is 0 Å². The normalized spacial score (nSPS) is 11.9. The Morgan fingerprint density at radius 1 is 1.24 bits per heavy atom. The van der Waals surface area contributed by atoms with Gasteiger partial charge in [0.05, 0.1) is 18.1 Å². The molecule has 1 atom stereocenters. The predicted molar refractivity (Wildman–Crippen MR) is 111 cm³/mol. The summed E-state index contributed by atoms with van der Waals surface area (Å²) >= 11 is 1.28. The van der Waals surface area contributed by atoms with Crippen molar-refractivity contribution in [3.8, 4) is 11.6 Å². The second-order valence-electron chi connectivity index (χ2n) is 6.71. The van der Waals surface area contributed by atoms with Crippen LogP contribution in [0.5, 0.6) is 0 Å². The van der Waals surface area contributed by atoms with Crippen LogP contribution in [0.3, 0.4) is 0 Å². The highest BCUT2D eigenvalue weighted by Gasteiger charge is 2.23. The number of amides is 2. The number of anilines is 1. The molecule has 152 valence electrons. The van der Waals surface area contributed by atoms with Crippen LogP contribution in [0.1, 0.15) is 12.5 Å². The number of carbonyl (C=O) groups excluding carboxylic acids is 2. The number of nitrogens with zero attached hydrogens (tertiary/aromatic N) is 4. The van der Waals surface area contributed by atoms with E-state index in [4.69, 9.17) is 4.42 Å². The molecular weight excluding hydrogens is 390 g/mol. The van der Waals surface area contributed by atoms with Crippen LogP contribution in [-0.4, -0.2) is 50.3 Å². The van der Waals surface area contributed by atoms with Crippen LogP contribution < -0.4 is 5.32 Å². The van der Waals surface area contributed by atoms with Crippen molar-refractivity contribution in [2.75, 3.05) is 18.9 Å². The van der Waals surface area contributed by atoms with E-state index >= 15 is 0 Å². The van der Waals surface area contributed by atoms with Gasteiger partial charge in [-0.3, -0.25) is 9.59 Å². The van der Waals surface area contributed by atoms with E-state index in [0.717, 1.165) is 5.56 Å². The minimum absolute atomic E-state index is 0.0337. The number of carbonyl (C=O) groups is 2. The number of nitrogens with one attached hydrogen (secondary N) is 1. The third-order valence-corrected chi connectivity index (χ3v) is 5.42. The second-order valence-corrected chi connectivity index (χ2v) is 8.02. The molecule has 0 spiro atoms. The summed E-state index contributed by atoms with van der Waals surface area (Å²) in [5.41, 5.74) is 1.81. The van der Waals surface area contributed by atoms with E-state index in [1.165, 1.54) is 16.7 Å². The largest absolute Gasteiger partial charge is 0.461 e. The van der Waals surface area contributed by atoms with Gasteiger partial charge < -0.3 is 19.2 Å². The summed E-state index contributed by atoms with van der Waals surface area (Å²) in [4.78, 5) is 26.3. The van der Waals surface area contributed by atoms with Crippen molar-refractivity contribution in [3.05, 3.63) is 48.2 Å². The number of aryl methyl sites for hydroxylation is 1. The molecule has 0 bridgehead atoms. The number of likely N-dealkylation sites (N-methyl/N-ethyl adjacent to an activating group) is 1. The topological polar surface area (TPSA) is 93.3 Å². The van der Waals surface area contributed by atoms with Gasteiger partial charge in [0.15, 0.2) is 16.7 Å². The molecule has 29 heavy (non-hydrogen) atoms. The molecule has 3 rings (SSSR count). The second kappa shape index (κ2) is 8.95. The molecule has 0 unspecified atom stereocenters. The number of hydrogen-bond donors (Lipinski definition) is 1. The van der Waals surface area contributed by atoms with E-state index in [2.05, 4.69) is 15.5 Å². The molecule has 2 aromatic heterocycles. The molecule has 1 aromatic carbocycles. The van der Waals surface area contributed by atoms with Crippen LogP contribution in [0.15, 0.2) is 52.2 Å². The Morgan fingerprint density at radius 3 is 2.62 bits per heavy atom. The van der Waals surface area contributed by atoms with Crippen LogP contribution in [0.4, 0.5) is 5.69 Å². The molecule has 3 aromatic rings. The highest BCUT2D eigenvalue weighted by molar-refractivity contribution is 8.00. The van der Waals surface area contributed by atoms with Crippen LogP contribution in [-0.2, 0) is 16.6 Å². The van der Waals surface area contributed by atoms with E-state index < -0.39 is 5.25 Å². The van der Waals surface area contributed by atoms with Gasteiger partial charge in [0.25, 0.3) is 0 Å². The summed E-state index contributed by atoms with van der Waals surface area (Å²) in [6.07, 6.45) is 1.57. The molecule has 0 aliphatic heterocycles. The lowest BCUT2D eigenvalue weighted by Crippen LogP contribution is -2.39. The van der Waals surface area contributed by atoms with E-state index in [0.29, 0.717) is 22.4 Å². The lowest BCUT2D eigenvalue weighted by molar-refractivity contribution is -0.132. The summed E-state index contributed by atoms with van der Waals surface area (Å²) < 4.78 is 7.13. The van der Waals surface area contributed by atoms with Gasteiger partial charge >= 0.3 is 0 Å². The van der Waals surface area contributed by atoms with E-state index in [-0.39, 0.29) is 18.4 Å². The van der Waals surface area contributed by atoms with Gasteiger partial charge in [-0.2, -0.15) is 0 Å². The van der Waals surface area contributed by atoms with Crippen LogP contribution in [0.25, 0.3) is 11.6 Å². The van der Waals surface area contributed by atoms with Crippen molar-refractivity contribution >= 4 is 29.3 Å². The Balaban J connectivity index is 1.56. The van der Waals surface area contributed by atoms with E-state index in [1.807, 2.05) is 38.2 Å². The lowest BCUT2D eigenvalue weighted by Gasteiger charge is -2.20. The monoisotopic (exact) mass is 413 g/mol. The minimum atomic E-state index is -0.431. The summed E-state index contributed by atoms with van der Waals surface area (Å²) in [5, 5.41) is 11.2. The van der Waals surface area contributed by atoms with Crippen LogP contribution >= 0.6 is 11.8 Å². The van der Waals surface area contributed by atoms with Gasteiger partial charge in [0.2, 0.25) is 11.8 Å². The van der Waals surface area contributed by atoms with E-state index in [1.54, 1.807) is 36.9 Å². The highest BCUT2D eigenvalue weighted by Crippen LogP contribution is 2.26. The minimum Gasteiger partial charge on any atom is -0.461 e. The predicted octanol–water partition coefficient (Wildman–Crippen LogP) is 2.96. The Kier molecular flexibility index (Phi) is 6.38.